The van der Waals surface area contributed by atoms with Crippen LogP contribution in [0.1, 0.15) is 21.7 Å². The molecule has 140 valence electrons. The first-order valence-electron chi connectivity index (χ1n) is 7.39. The summed E-state index contributed by atoms with van der Waals surface area (Å²) in [7, 11) is 0. The fourth-order valence-electron chi connectivity index (χ4n) is 2.12. The zero-order chi connectivity index (χ0) is 19.6. The zero-order valence-electron chi connectivity index (χ0n) is 13.4. The van der Waals surface area contributed by atoms with Crippen LogP contribution < -0.4 is 11.1 Å². The summed E-state index contributed by atoms with van der Waals surface area (Å²) in [6.07, 6.45) is -4.50. The Bertz CT molecular complexity index is 997. The number of anilines is 1. The zero-order valence-corrected chi connectivity index (χ0v) is 15.0. The van der Waals surface area contributed by atoms with Gasteiger partial charge in [0.05, 0.1) is 17.7 Å². The van der Waals surface area contributed by atoms with E-state index in [1.807, 2.05) is 0 Å². The Morgan fingerprint density at radius 2 is 1.93 bits per heavy atom. The lowest BCUT2D eigenvalue weighted by atomic mass is 10.1. The molecule has 0 spiro atoms. The Hall–Kier alpha value is -2.79. The summed E-state index contributed by atoms with van der Waals surface area (Å²) in [5.41, 5.74) is 5.06. The number of carbonyl (C=O) groups is 2. The summed E-state index contributed by atoms with van der Waals surface area (Å²) in [5.74, 6) is -1.09. The van der Waals surface area contributed by atoms with Crippen molar-refractivity contribution in [1.29, 1.82) is 0 Å². The predicted molar refractivity (Wildman–Crippen MR) is 95.5 cm³/mol. The third-order valence-electron chi connectivity index (χ3n) is 3.30. The topological polar surface area (TPSA) is 98.0 Å². The van der Waals surface area contributed by atoms with E-state index in [1.54, 1.807) is 5.38 Å². The maximum atomic E-state index is 12.8. The second kappa shape index (κ2) is 7.45. The third-order valence-corrected chi connectivity index (χ3v) is 5.00. The van der Waals surface area contributed by atoms with Gasteiger partial charge in [0.2, 0.25) is 5.91 Å². The largest absolute Gasteiger partial charge is 0.416 e. The summed E-state index contributed by atoms with van der Waals surface area (Å²) in [6, 6.07) is 4.73. The minimum atomic E-state index is -4.46. The van der Waals surface area contributed by atoms with Crippen LogP contribution in [-0.4, -0.2) is 21.8 Å². The van der Waals surface area contributed by atoms with Gasteiger partial charge >= 0.3 is 6.18 Å². The van der Waals surface area contributed by atoms with Crippen molar-refractivity contribution in [1.82, 2.24) is 9.97 Å². The van der Waals surface area contributed by atoms with Crippen molar-refractivity contribution in [2.24, 2.45) is 5.73 Å². The number of nitrogens with two attached hydrogens (primary N) is 1. The minimum Gasteiger partial charge on any atom is -0.369 e. The van der Waals surface area contributed by atoms with Crippen molar-refractivity contribution in [2.75, 3.05) is 5.32 Å². The highest BCUT2D eigenvalue weighted by molar-refractivity contribution is 7.14. The number of benzene rings is 1. The van der Waals surface area contributed by atoms with Gasteiger partial charge in [-0.05, 0) is 12.1 Å². The molecule has 2 aromatic heterocycles. The minimum absolute atomic E-state index is 0.0389. The molecule has 0 aliphatic heterocycles. The number of primary amides is 1. The lowest BCUT2D eigenvalue weighted by molar-refractivity contribution is -0.137. The number of aromatic nitrogens is 2. The predicted octanol–water partition coefficient (Wildman–Crippen LogP) is 3.57. The van der Waals surface area contributed by atoms with Gasteiger partial charge in [-0.1, -0.05) is 12.1 Å². The summed E-state index contributed by atoms with van der Waals surface area (Å²) >= 11 is 2.18. The lowest BCUT2D eigenvalue weighted by Gasteiger charge is -2.07. The summed E-state index contributed by atoms with van der Waals surface area (Å²) in [5, 5.41) is 6.13. The smallest absolute Gasteiger partial charge is 0.369 e. The van der Waals surface area contributed by atoms with Gasteiger partial charge in [-0.2, -0.15) is 13.2 Å². The van der Waals surface area contributed by atoms with Crippen molar-refractivity contribution in [3.05, 3.63) is 52.0 Å². The van der Waals surface area contributed by atoms with Crippen molar-refractivity contribution >= 4 is 39.6 Å². The van der Waals surface area contributed by atoms with Crippen molar-refractivity contribution < 1.29 is 22.8 Å². The molecule has 0 saturated heterocycles. The second-order valence-corrected chi connectivity index (χ2v) is 7.07. The number of hydrogen-bond donors (Lipinski definition) is 2. The molecule has 3 aromatic rings. The second-order valence-electron chi connectivity index (χ2n) is 5.36. The first kappa shape index (κ1) is 19.0. The molecule has 2 amide bonds. The van der Waals surface area contributed by atoms with E-state index in [1.165, 1.54) is 17.5 Å². The van der Waals surface area contributed by atoms with E-state index < -0.39 is 23.6 Å². The monoisotopic (exact) mass is 412 g/mol. The van der Waals surface area contributed by atoms with E-state index >= 15 is 0 Å². The molecule has 0 saturated carbocycles. The average Bonchev–Trinajstić information content (AvgIpc) is 3.23. The molecule has 0 aliphatic rings. The van der Waals surface area contributed by atoms with E-state index in [-0.39, 0.29) is 22.8 Å². The maximum absolute atomic E-state index is 12.8. The highest BCUT2D eigenvalue weighted by Gasteiger charge is 2.30. The van der Waals surface area contributed by atoms with Crippen molar-refractivity contribution in [2.45, 2.75) is 12.6 Å². The van der Waals surface area contributed by atoms with Crippen LogP contribution in [0.2, 0.25) is 0 Å². The van der Waals surface area contributed by atoms with Crippen LogP contribution in [0.3, 0.4) is 0 Å². The van der Waals surface area contributed by atoms with Gasteiger partial charge in [0.1, 0.15) is 10.7 Å². The molecule has 11 heteroatoms. The number of halogens is 3. The average molecular weight is 412 g/mol. The van der Waals surface area contributed by atoms with Crippen LogP contribution in [0.5, 0.6) is 0 Å². The number of rotatable bonds is 5. The van der Waals surface area contributed by atoms with Crippen LogP contribution in [0, 0.1) is 0 Å². The molecule has 1 aromatic carbocycles. The van der Waals surface area contributed by atoms with Crippen molar-refractivity contribution in [3.63, 3.8) is 0 Å². The molecule has 3 N–H and O–H groups in total. The van der Waals surface area contributed by atoms with E-state index in [4.69, 9.17) is 5.73 Å². The first-order chi connectivity index (χ1) is 12.7. The van der Waals surface area contributed by atoms with Gasteiger partial charge in [-0.25, -0.2) is 9.97 Å². The molecular weight excluding hydrogens is 401 g/mol. The Morgan fingerprint density at radius 1 is 1.15 bits per heavy atom. The quantitative estimate of drug-likeness (QED) is 0.669. The first-order valence-corrected chi connectivity index (χ1v) is 9.15. The molecule has 0 bridgehead atoms. The summed E-state index contributed by atoms with van der Waals surface area (Å²) in [4.78, 5) is 31.3. The third kappa shape index (κ3) is 4.68. The van der Waals surface area contributed by atoms with Crippen LogP contribution in [-0.2, 0) is 17.4 Å². The normalized spacial score (nSPS) is 11.4. The number of nitrogens with one attached hydrogen (secondary N) is 1. The highest BCUT2D eigenvalue weighted by Crippen LogP contribution is 2.33. The Balaban J connectivity index is 1.74. The van der Waals surface area contributed by atoms with Gasteiger partial charge in [0.25, 0.3) is 5.91 Å². The van der Waals surface area contributed by atoms with Gasteiger partial charge in [0.15, 0.2) is 5.13 Å². The maximum Gasteiger partial charge on any atom is 0.416 e. The number of amides is 2. The number of carbonyl (C=O) groups excluding carboxylic acids is 2. The van der Waals surface area contributed by atoms with Crippen molar-refractivity contribution in [3.8, 4) is 10.6 Å². The molecule has 2 heterocycles. The molecule has 6 nitrogen and oxygen atoms in total. The SMILES string of the molecule is NC(=O)Cc1csc(NC(=O)c2csc(-c3cccc(C(F)(F)F)c3)n2)n1. The number of alkyl halides is 3. The van der Waals surface area contributed by atoms with Gasteiger partial charge in [-0.15, -0.1) is 22.7 Å². The van der Waals surface area contributed by atoms with E-state index in [9.17, 15) is 22.8 Å². The molecule has 3 rings (SSSR count). The van der Waals surface area contributed by atoms with Crippen LogP contribution in [0.15, 0.2) is 35.0 Å². The number of thiazole rings is 2. The Labute approximate surface area is 158 Å². The van der Waals surface area contributed by atoms with E-state index in [0.29, 0.717) is 10.7 Å². The van der Waals surface area contributed by atoms with Gasteiger partial charge in [0, 0.05) is 16.3 Å². The van der Waals surface area contributed by atoms with Gasteiger partial charge in [-0.3, -0.25) is 14.9 Å². The standard InChI is InChI=1S/C16H11F3N4O2S2/c17-16(18,19)9-3-1-2-8(4-9)14-22-11(7-26-14)13(25)23-15-21-10(6-27-15)5-12(20)24/h1-4,6-7H,5H2,(H2,20,24)(H,21,23,25). The molecule has 27 heavy (non-hydrogen) atoms. The summed E-state index contributed by atoms with van der Waals surface area (Å²) < 4.78 is 38.5. The molecule has 0 unspecified atom stereocenters. The number of nitrogens with zero attached hydrogens (tertiary/aromatic N) is 2. The molecule has 0 atom stereocenters. The van der Waals surface area contributed by atoms with E-state index in [2.05, 4.69) is 15.3 Å². The molecule has 0 fully saturated rings. The molecule has 0 aliphatic carbocycles. The highest BCUT2D eigenvalue weighted by atomic mass is 32.1. The molecular formula is C16H11F3N4O2S2. The van der Waals surface area contributed by atoms with Gasteiger partial charge < -0.3 is 5.73 Å². The Kier molecular flexibility index (Phi) is 5.24. The molecule has 0 radical (unpaired) electrons. The van der Waals surface area contributed by atoms with Crippen LogP contribution in [0.4, 0.5) is 18.3 Å². The fourth-order valence-corrected chi connectivity index (χ4v) is 3.63. The lowest BCUT2D eigenvalue weighted by Crippen LogP contribution is -2.14. The fraction of sp³-hybridized carbons (Fsp3) is 0.125. The van der Waals surface area contributed by atoms with Crippen LogP contribution >= 0.6 is 22.7 Å². The van der Waals surface area contributed by atoms with Crippen LogP contribution in [0.25, 0.3) is 10.6 Å². The van der Waals surface area contributed by atoms with E-state index in [0.717, 1.165) is 34.8 Å². The number of hydrogen-bond acceptors (Lipinski definition) is 6. The summed E-state index contributed by atoms with van der Waals surface area (Å²) in [6.45, 7) is 0. The Morgan fingerprint density at radius 3 is 2.63 bits per heavy atom.